The lowest BCUT2D eigenvalue weighted by atomic mass is 10.1. The van der Waals surface area contributed by atoms with Crippen molar-refractivity contribution in [1.82, 2.24) is 15.6 Å². The topological polar surface area (TPSA) is 73.8 Å². The summed E-state index contributed by atoms with van der Waals surface area (Å²) in [6.07, 6.45) is 3.11. The SMILES string of the molecule is CCN1CCC[C@@H]1CNC(=O)C1=NNC(=O)CC1. The van der Waals surface area contributed by atoms with Crippen molar-refractivity contribution in [2.75, 3.05) is 19.6 Å². The molecule has 0 spiro atoms. The van der Waals surface area contributed by atoms with Gasteiger partial charge >= 0.3 is 0 Å². The minimum Gasteiger partial charge on any atom is -0.349 e. The van der Waals surface area contributed by atoms with E-state index in [4.69, 9.17) is 0 Å². The first-order chi connectivity index (χ1) is 8.70. The number of nitrogens with zero attached hydrogens (tertiary/aromatic N) is 2. The average molecular weight is 252 g/mol. The van der Waals surface area contributed by atoms with Gasteiger partial charge in [-0.1, -0.05) is 6.92 Å². The summed E-state index contributed by atoms with van der Waals surface area (Å²) in [6.45, 7) is 4.95. The molecule has 0 aliphatic carbocycles. The quantitative estimate of drug-likeness (QED) is 0.731. The molecule has 2 aliphatic heterocycles. The van der Waals surface area contributed by atoms with Gasteiger partial charge in [0.25, 0.3) is 5.91 Å². The summed E-state index contributed by atoms with van der Waals surface area (Å²) in [5, 5.41) is 6.70. The number of rotatable bonds is 4. The molecule has 2 amide bonds. The maximum atomic E-state index is 11.8. The van der Waals surface area contributed by atoms with E-state index in [2.05, 4.69) is 27.7 Å². The van der Waals surface area contributed by atoms with Gasteiger partial charge in [0.2, 0.25) is 5.91 Å². The number of likely N-dealkylation sites (N-methyl/N-ethyl adjacent to an activating group) is 1. The Morgan fingerprint density at radius 2 is 2.39 bits per heavy atom. The Morgan fingerprint density at radius 1 is 1.56 bits per heavy atom. The third-order valence-electron chi connectivity index (χ3n) is 3.57. The Hall–Kier alpha value is -1.43. The summed E-state index contributed by atoms with van der Waals surface area (Å²) >= 11 is 0. The maximum absolute atomic E-state index is 11.8. The first-order valence-corrected chi connectivity index (χ1v) is 6.58. The Bertz CT molecular complexity index is 367. The first kappa shape index (κ1) is 13.0. The standard InChI is InChI=1S/C12H20N4O2/c1-2-16-7-3-4-9(16)8-13-12(18)10-5-6-11(17)15-14-10/h9H,2-8H2,1H3,(H,13,18)(H,15,17)/t9-/m1/s1. The van der Waals surface area contributed by atoms with E-state index in [1.807, 2.05) is 0 Å². The van der Waals surface area contributed by atoms with Crippen LogP contribution in [-0.2, 0) is 9.59 Å². The molecule has 0 radical (unpaired) electrons. The van der Waals surface area contributed by atoms with Crippen molar-refractivity contribution in [2.45, 2.75) is 38.6 Å². The second kappa shape index (κ2) is 5.95. The van der Waals surface area contributed by atoms with Crippen molar-refractivity contribution < 1.29 is 9.59 Å². The lowest BCUT2D eigenvalue weighted by Crippen LogP contribution is -2.43. The fraction of sp³-hybridized carbons (Fsp3) is 0.750. The van der Waals surface area contributed by atoms with E-state index in [0.717, 1.165) is 19.5 Å². The van der Waals surface area contributed by atoms with Gasteiger partial charge in [-0.15, -0.1) is 0 Å². The summed E-state index contributed by atoms with van der Waals surface area (Å²) in [4.78, 5) is 25.1. The molecule has 1 saturated heterocycles. The highest BCUT2D eigenvalue weighted by Gasteiger charge is 2.24. The summed E-state index contributed by atoms with van der Waals surface area (Å²) in [5.74, 6) is -0.280. The minimum absolute atomic E-state index is 0.125. The molecule has 0 bridgehead atoms. The zero-order chi connectivity index (χ0) is 13.0. The van der Waals surface area contributed by atoms with E-state index in [1.54, 1.807) is 0 Å². The molecule has 0 aromatic rings. The molecular formula is C12H20N4O2. The molecule has 0 saturated carbocycles. The van der Waals surface area contributed by atoms with Crippen molar-refractivity contribution in [2.24, 2.45) is 5.10 Å². The van der Waals surface area contributed by atoms with E-state index in [0.29, 0.717) is 31.1 Å². The first-order valence-electron chi connectivity index (χ1n) is 6.58. The number of likely N-dealkylation sites (tertiary alicyclic amines) is 1. The lowest BCUT2D eigenvalue weighted by molar-refractivity contribution is -0.121. The van der Waals surface area contributed by atoms with Gasteiger partial charge in [-0.05, 0) is 25.9 Å². The van der Waals surface area contributed by atoms with Crippen LogP contribution in [0, 0.1) is 0 Å². The third kappa shape index (κ3) is 3.07. The molecule has 2 N–H and O–H groups in total. The highest BCUT2D eigenvalue weighted by atomic mass is 16.2. The second-order valence-corrected chi connectivity index (χ2v) is 4.73. The molecule has 18 heavy (non-hydrogen) atoms. The summed E-state index contributed by atoms with van der Waals surface area (Å²) in [6, 6.07) is 0.442. The smallest absolute Gasteiger partial charge is 0.267 e. The predicted molar refractivity (Wildman–Crippen MR) is 68.1 cm³/mol. The molecule has 2 rings (SSSR count). The number of carbonyl (C=O) groups is 2. The van der Waals surface area contributed by atoms with Crippen LogP contribution in [0.2, 0.25) is 0 Å². The van der Waals surface area contributed by atoms with Crippen LogP contribution in [0.25, 0.3) is 0 Å². The largest absolute Gasteiger partial charge is 0.349 e. The number of amides is 2. The van der Waals surface area contributed by atoms with E-state index in [1.165, 1.54) is 6.42 Å². The number of carbonyl (C=O) groups excluding carboxylic acids is 2. The minimum atomic E-state index is -0.155. The van der Waals surface area contributed by atoms with Gasteiger partial charge in [0.1, 0.15) is 5.71 Å². The van der Waals surface area contributed by atoms with Gasteiger partial charge < -0.3 is 5.32 Å². The van der Waals surface area contributed by atoms with E-state index < -0.39 is 0 Å². The van der Waals surface area contributed by atoms with Gasteiger partial charge in [-0.25, -0.2) is 5.43 Å². The molecule has 100 valence electrons. The Kier molecular flexibility index (Phi) is 4.30. The van der Waals surface area contributed by atoms with Crippen LogP contribution in [-0.4, -0.2) is 48.1 Å². The Morgan fingerprint density at radius 3 is 3.06 bits per heavy atom. The molecule has 1 fully saturated rings. The number of hydrogen-bond acceptors (Lipinski definition) is 4. The van der Waals surface area contributed by atoms with Crippen molar-refractivity contribution in [3.63, 3.8) is 0 Å². The molecule has 0 unspecified atom stereocenters. The third-order valence-corrected chi connectivity index (χ3v) is 3.57. The van der Waals surface area contributed by atoms with Crippen molar-refractivity contribution in [1.29, 1.82) is 0 Å². The predicted octanol–water partition coefficient (Wildman–Crippen LogP) is -0.147. The highest BCUT2D eigenvalue weighted by Crippen LogP contribution is 2.15. The van der Waals surface area contributed by atoms with Crippen LogP contribution >= 0.6 is 0 Å². The molecular weight excluding hydrogens is 232 g/mol. The molecule has 6 nitrogen and oxygen atoms in total. The molecule has 1 atom stereocenters. The summed E-state index contributed by atoms with van der Waals surface area (Å²) in [5.41, 5.74) is 2.77. The fourth-order valence-electron chi connectivity index (χ4n) is 2.49. The maximum Gasteiger partial charge on any atom is 0.267 e. The van der Waals surface area contributed by atoms with Crippen LogP contribution in [0.3, 0.4) is 0 Å². The second-order valence-electron chi connectivity index (χ2n) is 4.73. The number of hydrogen-bond donors (Lipinski definition) is 2. The van der Waals surface area contributed by atoms with Gasteiger partial charge in [-0.3, -0.25) is 14.5 Å². The van der Waals surface area contributed by atoms with Gasteiger partial charge in [0, 0.05) is 25.4 Å². The van der Waals surface area contributed by atoms with Crippen LogP contribution in [0.15, 0.2) is 5.10 Å². The Labute approximate surface area is 107 Å². The normalized spacial score (nSPS) is 24.6. The van der Waals surface area contributed by atoms with Gasteiger partial charge in [0.05, 0.1) is 0 Å². The Balaban J connectivity index is 1.79. The van der Waals surface area contributed by atoms with Crippen molar-refractivity contribution in [3.8, 4) is 0 Å². The van der Waals surface area contributed by atoms with Crippen LogP contribution in [0.5, 0.6) is 0 Å². The van der Waals surface area contributed by atoms with Gasteiger partial charge in [-0.2, -0.15) is 5.10 Å². The van der Waals surface area contributed by atoms with E-state index in [-0.39, 0.29) is 11.8 Å². The lowest BCUT2D eigenvalue weighted by Gasteiger charge is -2.23. The van der Waals surface area contributed by atoms with Gasteiger partial charge in [0.15, 0.2) is 0 Å². The summed E-state index contributed by atoms with van der Waals surface area (Å²) < 4.78 is 0. The monoisotopic (exact) mass is 252 g/mol. The molecule has 0 aromatic carbocycles. The zero-order valence-corrected chi connectivity index (χ0v) is 10.7. The van der Waals surface area contributed by atoms with Crippen molar-refractivity contribution in [3.05, 3.63) is 0 Å². The van der Waals surface area contributed by atoms with E-state index >= 15 is 0 Å². The highest BCUT2D eigenvalue weighted by molar-refractivity contribution is 6.39. The van der Waals surface area contributed by atoms with E-state index in [9.17, 15) is 9.59 Å². The number of hydrazone groups is 1. The van der Waals surface area contributed by atoms with Crippen LogP contribution in [0.4, 0.5) is 0 Å². The average Bonchev–Trinajstić information content (AvgIpc) is 2.84. The number of nitrogens with one attached hydrogen (secondary N) is 2. The molecule has 6 heteroatoms. The molecule has 2 aliphatic rings. The molecule has 0 aromatic heterocycles. The summed E-state index contributed by atoms with van der Waals surface area (Å²) in [7, 11) is 0. The zero-order valence-electron chi connectivity index (χ0n) is 10.7. The fourth-order valence-corrected chi connectivity index (χ4v) is 2.49. The molecule has 2 heterocycles. The van der Waals surface area contributed by atoms with Crippen LogP contribution in [0.1, 0.15) is 32.6 Å². The van der Waals surface area contributed by atoms with Crippen LogP contribution < -0.4 is 10.7 Å². The van der Waals surface area contributed by atoms with Crippen molar-refractivity contribution >= 4 is 17.5 Å².